The third-order valence-corrected chi connectivity index (χ3v) is 13.0. The van der Waals surface area contributed by atoms with Gasteiger partial charge in [-0.15, -0.1) is 0 Å². The van der Waals surface area contributed by atoms with E-state index in [4.69, 9.17) is 0 Å². The normalized spacial score (nSPS) is 12.9. The molecule has 271 valence electrons. The van der Waals surface area contributed by atoms with Crippen molar-refractivity contribution < 1.29 is 5.21 Å². The second-order valence-corrected chi connectivity index (χ2v) is 20.1. The summed E-state index contributed by atoms with van der Waals surface area (Å²) in [6, 6.07) is 14.7. The Balaban J connectivity index is 2.85. The fraction of sp³-hybridized carbons (Fsp3) is 0.609. The lowest BCUT2D eigenvalue weighted by Crippen LogP contribution is -2.39. The lowest BCUT2D eigenvalue weighted by atomic mass is 9.89. The maximum atomic E-state index is 13.9. The maximum Gasteiger partial charge on any atom is 0.0680 e. The van der Waals surface area contributed by atoms with Crippen molar-refractivity contribution in [3.63, 3.8) is 0 Å². The van der Waals surface area contributed by atoms with E-state index < -0.39 is 13.5 Å². The zero-order chi connectivity index (χ0) is 37.4. The smallest absolute Gasteiger partial charge is 0.0680 e. The second-order valence-electron chi connectivity index (χ2n) is 18.1. The van der Waals surface area contributed by atoms with Crippen LogP contribution in [0.3, 0.4) is 0 Å². The summed E-state index contributed by atoms with van der Waals surface area (Å²) < 4.78 is 0. The lowest BCUT2D eigenvalue weighted by molar-refractivity contribution is 0.102. The van der Waals surface area contributed by atoms with Crippen molar-refractivity contribution in [1.82, 2.24) is 0 Å². The molecule has 0 aliphatic carbocycles. The van der Waals surface area contributed by atoms with Gasteiger partial charge in [-0.25, -0.2) is 5.06 Å². The van der Waals surface area contributed by atoms with Gasteiger partial charge in [0.15, 0.2) is 0 Å². The molecule has 3 heteroatoms. The van der Waals surface area contributed by atoms with E-state index in [9.17, 15) is 5.21 Å². The van der Waals surface area contributed by atoms with Crippen LogP contribution < -0.4 is 21.0 Å². The minimum Gasteiger partial charge on any atom is -0.215 e. The predicted octanol–water partition coefficient (Wildman–Crippen LogP) is 13.4. The molecule has 0 aliphatic heterocycles. The average molecular weight is 685 g/mol. The molecule has 0 heterocycles. The standard InChI is InChI=1S/C46H71NOP/c1-26(2)34-20-37(28(5)6)43(38(21-34)29(7)8)49(44-39(30(9)10)22-35(27(3)4)23-40(44)31(11)12)45-41(32(13)14)24-36(25-42(45)33(15)16)47(48)46(17,18)19/h20-33H,1-19H3. The van der Waals surface area contributed by atoms with Gasteiger partial charge in [0, 0.05) is 0 Å². The topological polar surface area (TPSA) is 23.1 Å². The van der Waals surface area contributed by atoms with Gasteiger partial charge in [0.1, 0.15) is 0 Å². The highest BCUT2D eigenvalue weighted by Gasteiger charge is 2.36. The first-order chi connectivity index (χ1) is 22.5. The fourth-order valence-electron chi connectivity index (χ4n) is 6.99. The van der Waals surface area contributed by atoms with E-state index >= 15 is 0 Å². The molecule has 0 aliphatic rings. The Hall–Kier alpha value is -2.15. The summed E-state index contributed by atoms with van der Waals surface area (Å²) in [7, 11) is -1.01. The first-order valence-corrected chi connectivity index (χ1v) is 20.7. The van der Waals surface area contributed by atoms with Crippen LogP contribution >= 0.6 is 7.92 Å². The zero-order valence-electron chi connectivity index (χ0n) is 34.9. The average Bonchev–Trinajstić information content (AvgIpc) is 2.99. The summed E-state index contributed by atoms with van der Waals surface area (Å²) in [5.41, 5.74) is 11.7. The second kappa shape index (κ2) is 16.0. The Morgan fingerprint density at radius 2 is 0.633 bits per heavy atom. The summed E-state index contributed by atoms with van der Waals surface area (Å²) in [4.78, 5) is 0. The van der Waals surface area contributed by atoms with E-state index in [1.54, 1.807) is 10.6 Å². The number of hydroxylamine groups is 1. The van der Waals surface area contributed by atoms with E-state index in [0.717, 1.165) is 5.69 Å². The van der Waals surface area contributed by atoms with Crippen molar-refractivity contribution in [2.24, 2.45) is 0 Å². The number of rotatable bonds is 12. The van der Waals surface area contributed by atoms with Crippen LogP contribution in [0.2, 0.25) is 0 Å². The van der Waals surface area contributed by atoms with Gasteiger partial charge in [-0.05, 0) is 149 Å². The van der Waals surface area contributed by atoms with Gasteiger partial charge in [-0.2, -0.15) is 0 Å². The van der Waals surface area contributed by atoms with Gasteiger partial charge < -0.3 is 0 Å². The first kappa shape index (κ1) is 41.3. The molecule has 0 unspecified atom stereocenters. The quantitative estimate of drug-likeness (QED) is 0.138. The molecule has 0 aromatic heterocycles. The highest BCUT2D eigenvalue weighted by molar-refractivity contribution is 7.80. The Labute approximate surface area is 304 Å². The van der Waals surface area contributed by atoms with Crippen molar-refractivity contribution in [3.05, 3.63) is 80.9 Å². The SMILES string of the molecule is CC(C)c1cc(C(C)C)c(P(c2c(C(C)C)cc(C(C)C)cc2C(C)C)c2c(C(C)C)cc(N([O])C(C)(C)C)cc2C(C)C)c(C(C)C)c1. The molecule has 0 atom stereocenters. The molecule has 3 aromatic carbocycles. The van der Waals surface area contributed by atoms with Crippen LogP contribution in [0.1, 0.15) is 223 Å². The van der Waals surface area contributed by atoms with Crippen LogP contribution in [0.15, 0.2) is 36.4 Å². The Morgan fingerprint density at radius 1 is 0.408 bits per heavy atom. The van der Waals surface area contributed by atoms with Gasteiger partial charge >= 0.3 is 0 Å². The molecule has 3 aromatic rings. The van der Waals surface area contributed by atoms with Crippen LogP contribution in [0, 0.1) is 0 Å². The van der Waals surface area contributed by atoms with Crippen molar-refractivity contribution in [3.8, 4) is 0 Å². The van der Waals surface area contributed by atoms with E-state index in [0.29, 0.717) is 35.5 Å². The number of anilines is 1. The van der Waals surface area contributed by atoms with E-state index in [-0.39, 0.29) is 11.8 Å². The van der Waals surface area contributed by atoms with Crippen molar-refractivity contribution in [2.45, 2.75) is 184 Å². The monoisotopic (exact) mass is 685 g/mol. The van der Waals surface area contributed by atoms with Crippen molar-refractivity contribution >= 4 is 29.5 Å². The minimum absolute atomic E-state index is 0.255. The van der Waals surface area contributed by atoms with Gasteiger partial charge in [0.2, 0.25) is 0 Å². The largest absolute Gasteiger partial charge is 0.215 e. The maximum absolute atomic E-state index is 13.9. The molecule has 0 spiro atoms. The first-order valence-electron chi connectivity index (χ1n) is 19.3. The summed E-state index contributed by atoms with van der Waals surface area (Å²) in [5.74, 6) is 2.91. The molecule has 0 amide bonds. The molecule has 0 saturated carbocycles. The van der Waals surface area contributed by atoms with E-state index in [1.165, 1.54) is 54.9 Å². The molecule has 0 N–H and O–H groups in total. The van der Waals surface area contributed by atoms with Crippen LogP contribution in [0.5, 0.6) is 0 Å². The molecule has 0 fully saturated rings. The van der Waals surface area contributed by atoms with E-state index in [2.05, 4.69) is 147 Å². The molecular formula is C46H71NOP. The molecule has 0 saturated heterocycles. The van der Waals surface area contributed by atoms with Gasteiger partial charge in [-0.1, -0.05) is 140 Å². The van der Waals surface area contributed by atoms with Crippen LogP contribution in [-0.4, -0.2) is 5.54 Å². The number of nitrogens with zero attached hydrogens (tertiary/aromatic N) is 1. The molecule has 2 nitrogen and oxygen atoms in total. The summed E-state index contributed by atoms with van der Waals surface area (Å²) >= 11 is 0. The van der Waals surface area contributed by atoms with E-state index in [1.807, 2.05) is 20.8 Å². The van der Waals surface area contributed by atoms with Crippen molar-refractivity contribution in [2.75, 3.05) is 5.06 Å². The number of hydrogen-bond acceptors (Lipinski definition) is 1. The van der Waals surface area contributed by atoms with Crippen LogP contribution in [0.4, 0.5) is 5.69 Å². The third kappa shape index (κ3) is 8.84. The van der Waals surface area contributed by atoms with Crippen LogP contribution in [0.25, 0.3) is 0 Å². The number of benzene rings is 3. The Kier molecular flexibility index (Phi) is 13.5. The minimum atomic E-state index is -1.01. The highest BCUT2D eigenvalue weighted by atomic mass is 31.1. The fourth-order valence-corrected chi connectivity index (χ4v) is 11.2. The lowest BCUT2D eigenvalue weighted by Gasteiger charge is -2.38. The number of hydrogen-bond donors (Lipinski definition) is 0. The Bertz CT molecular complexity index is 1420. The molecular weight excluding hydrogens is 613 g/mol. The summed E-state index contributed by atoms with van der Waals surface area (Å²) in [6.07, 6.45) is 0. The third-order valence-electron chi connectivity index (χ3n) is 10.1. The molecule has 3 rings (SSSR count). The zero-order valence-corrected chi connectivity index (χ0v) is 35.8. The van der Waals surface area contributed by atoms with Gasteiger partial charge in [0.05, 0.1) is 11.2 Å². The van der Waals surface area contributed by atoms with Crippen molar-refractivity contribution in [1.29, 1.82) is 0 Å². The predicted molar refractivity (Wildman–Crippen MR) is 221 cm³/mol. The molecule has 0 bridgehead atoms. The summed E-state index contributed by atoms with van der Waals surface area (Å²) in [6.45, 7) is 43.8. The Morgan fingerprint density at radius 3 is 0.816 bits per heavy atom. The van der Waals surface area contributed by atoms with Gasteiger partial charge in [0.25, 0.3) is 0 Å². The molecule has 1 radical (unpaired) electrons. The molecule has 49 heavy (non-hydrogen) atoms. The van der Waals surface area contributed by atoms with Gasteiger partial charge in [-0.3, -0.25) is 0 Å². The highest BCUT2D eigenvalue weighted by Crippen LogP contribution is 2.49. The summed E-state index contributed by atoms with van der Waals surface area (Å²) in [5, 5.41) is 19.8. The van der Waals surface area contributed by atoms with Crippen LogP contribution in [-0.2, 0) is 5.21 Å².